The number of halogens is 3. The minimum Gasteiger partial charge on any atom is -0.329 e. The van der Waals surface area contributed by atoms with Crippen LogP contribution in [0.5, 0.6) is 0 Å². The monoisotopic (exact) mass is 252 g/mol. The lowest BCUT2D eigenvalue weighted by molar-refractivity contribution is -0.136. The maximum absolute atomic E-state index is 12.1. The summed E-state index contributed by atoms with van der Waals surface area (Å²) >= 11 is 0. The quantitative estimate of drug-likeness (QED) is 0.787. The summed E-state index contributed by atoms with van der Waals surface area (Å²) in [4.78, 5) is 2.16. The number of nitrogens with zero attached hydrogens (tertiary/aromatic N) is 1. The van der Waals surface area contributed by atoms with Gasteiger partial charge in [-0.25, -0.2) is 0 Å². The van der Waals surface area contributed by atoms with Crippen LogP contribution >= 0.6 is 0 Å². The highest BCUT2D eigenvalue weighted by Crippen LogP contribution is 2.35. The van der Waals surface area contributed by atoms with Crippen LogP contribution < -0.4 is 5.73 Å². The third-order valence-electron chi connectivity index (χ3n) is 3.86. The van der Waals surface area contributed by atoms with Gasteiger partial charge in [-0.2, -0.15) is 13.2 Å². The van der Waals surface area contributed by atoms with Crippen LogP contribution in [0.4, 0.5) is 13.2 Å². The van der Waals surface area contributed by atoms with Crippen LogP contribution in [0, 0.1) is 0 Å². The molecule has 17 heavy (non-hydrogen) atoms. The fourth-order valence-corrected chi connectivity index (χ4v) is 2.88. The summed E-state index contributed by atoms with van der Waals surface area (Å²) in [5, 5.41) is 0. The van der Waals surface area contributed by atoms with E-state index in [0.717, 1.165) is 32.2 Å². The fourth-order valence-electron chi connectivity index (χ4n) is 2.88. The Morgan fingerprint density at radius 1 is 1.24 bits per heavy atom. The van der Waals surface area contributed by atoms with Gasteiger partial charge in [0.05, 0.1) is 0 Å². The predicted octanol–water partition coefficient (Wildman–Crippen LogP) is 2.92. The molecule has 0 saturated heterocycles. The predicted molar refractivity (Wildman–Crippen MR) is 62.8 cm³/mol. The van der Waals surface area contributed by atoms with Crippen molar-refractivity contribution in [3.8, 4) is 0 Å². The van der Waals surface area contributed by atoms with Crippen LogP contribution in [-0.2, 0) is 0 Å². The Labute approximate surface area is 101 Å². The zero-order valence-corrected chi connectivity index (χ0v) is 10.5. The van der Waals surface area contributed by atoms with Crippen LogP contribution in [0.1, 0.15) is 45.4 Å². The van der Waals surface area contributed by atoms with Crippen molar-refractivity contribution >= 4 is 0 Å². The molecule has 0 bridgehead atoms. The van der Waals surface area contributed by atoms with Crippen LogP contribution in [0.3, 0.4) is 0 Å². The standard InChI is InChI=1S/C12H23F3N2/c1-2-17(9-5-8-12(13,14)15)11(10-16)6-3-4-7-11/h2-10,16H2,1H3. The van der Waals surface area contributed by atoms with Crippen LogP contribution in [0.2, 0.25) is 0 Å². The fraction of sp³-hybridized carbons (Fsp3) is 1.00. The molecule has 1 saturated carbocycles. The Morgan fingerprint density at radius 2 is 1.82 bits per heavy atom. The second-order valence-corrected chi connectivity index (χ2v) is 4.93. The lowest BCUT2D eigenvalue weighted by Crippen LogP contribution is -2.52. The third-order valence-corrected chi connectivity index (χ3v) is 3.86. The highest BCUT2D eigenvalue weighted by Gasteiger charge is 2.37. The molecule has 0 aliphatic heterocycles. The van der Waals surface area contributed by atoms with Crippen molar-refractivity contribution in [2.75, 3.05) is 19.6 Å². The minimum atomic E-state index is -4.04. The molecule has 2 N–H and O–H groups in total. The molecule has 0 amide bonds. The largest absolute Gasteiger partial charge is 0.389 e. The molecule has 0 aromatic carbocycles. The maximum atomic E-state index is 12.1. The topological polar surface area (TPSA) is 29.3 Å². The van der Waals surface area contributed by atoms with E-state index in [1.807, 2.05) is 6.92 Å². The van der Waals surface area contributed by atoms with E-state index in [4.69, 9.17) is 5.73 Å². The highest BCUT2D eigenvalue weighted by molar-refractivity contribution is 4.95. The van der Waals surface area contributed by atoms with Crippen molar-refractivity contribution < 1.29 is 13.2 Å². The van der Waals surface area contributed by atoms with Crippen molar-refractivity contribution in [1.82, 2.24) is 4.90 Å². The lowest BCUT2D eigenvalue weighted by atomic mass is 9.94. The van der Waals surface area contributed by atoms with Gasteiger partial charge in [-0.1, -0.05) is 19.8 Å². The van der Waals surface area contributed by atoms with Gasteiger partial charge >= 0.3 is 6.18 Å². The molecule has 5 heteroatoms. The molecule has 0 atom stereocenters. The molecule has 0 heterocycles. The molecule has 0 spiro atoms. The number of alkyl halides is 3. The zero-order valence-electron chi connectivity index (χ0n) is 10.5. The summed E-state index contributed by atoms with van der Waals surface area (Å²) in [7, 11) is 0. The summed E-state index contributed by atoms with van der Waals surface area (Å²) in [6, 6.07) is 0. The van der Waals surface area contributed by atoms with Gasteiger partial charge in [0.15, 0.2) is 0 Å². The van der Waals surface area contributed by atoms with Crippen LogP contribution in [0.15, 0.2) is 0 Å². The minimum absolute atomic E-state index is 0.0274. The molecular formula is C12H23F3N2. The molecule has 102 valence electrons. The third kappa shape index (κ3) is 4.14. The van der Waals surface area contributed by atoms with Gasteiger partial charge in [-0.05, 0) is 32.4 Å². The van der Waals surface area contributed by atoms with Crippen molar-refractivity contribution in [2.45, 2.75) is 57.2 Å². The molecule has 1 fully saturated rings. The Morgan fingerprint density at radius 3 is 2.24 bits per heavy atom. The molecule has 0 unspecified atom stereocenters. The van der Waals surface area contributed by atoms with Gasteiger partial charge < -0.3 is 5.73 Å². The van der Waals surface area contributed by atoms with Gasteiger partial charge in [-0.3, -0.25) is 4.90 Å². The van der Waals surface area contributed by atoms with Crippen LogP contribution in [-0.4, -0.2) is 36.2 Å². The average molecular weight is 252 g/mol. The zero-order chi connectivity index (χ0) is 12.9. The average Bonchev–Trinajstić information content (AvgIpc) is 2.72. The number of rotatable bonds is 6. The molecule has 1 aliphatic carbocycles. The Kier molecular flexibility index (Phi) is 5.25. The van der Waals surface area contributed by atoms with Crippen molar-refractivity contribution in [1.29, 1.82) is 0 Å². The highest BCUT2D eigenvalue weighted by atomic mass is 19.4. The summed E-state index contributed by atoms with van der Waals surface area (Å²) in [5.74, 6) is 0. The van der Waals surface area contributed by atoms with E-state index in [1.165, 1.54) is 0 Å². The number of nitrogens with two attached hydrogens (primary N) is 1. The summed E-state index contributed by atoms with van der Waals surface area (Å²) in [6.07, 6.45) is -0.194. The van der Waals surface area contributed by atoms with Gasteiger partial charge in [-0.15, -0.1) is 0 Å². The first-order valence-corrected chi connectivity index (χ1v) is 6.45. The van der Waals surface area contributed by atoms with E-state index in [9.17, 15) is 13.2 Å². The Bertz CT molecular complexity index is 222. The van der Waals surface area contributed by atoms with Crippen molar-refractivity contribution in [3.05, 3.63) is 0 Å². The van der Waals surface area contributed by atoms with E-state index in [-0.39, 0.29) is 12.0 Å². The Hall–Kier alpha value is -0.290. The van der Waals surface area contributed by atoms with Gasteiger partial charge in [0.1, 0.15) is 0 Å². The van der Waals surface area contributed by atoms with E-state index in [1.54, 1.807) is 0 Å². The van der Waals surface area contributed by atoms with Crippen molar-refractivity contribution in [3.63, 3.8) is 0 Å². The van der Waals surface area contributed by atoms with E-state index >= 15 is 0 Å². The normalized spacial score (nSPS) is 20.1. The molecule has 0 aromatic heterocycles. The van der Waals surface area contributed by atoms with E-state index < -0.39 is 12.6 Å². The molecule has 0 radical (unpaired) electrons. The van der Waals surface area contributed by atoms with Gasteiger partial charge in [0.25, 0.3) is 0 Å². The first-order valence-electron chi connectivity index (χ1n) is 6.45. The first-order chi connectivity index (χ1) is 7.93. The second-order valence-electron chi connectivity index (χ2n) is 4.93. The maximum Gasteiger partial charge on any atom is 0.389 e. The van der Waals surface area contributed by atoms with Crippen molar-refractivity contribution in [2.24, 2.45) is 5.73 Å². The molecule has 1 aliphatic rings. The SMILES string of the molecule is CCN(CCCC(F)(F)F)C1(CN)CCCC1. The first kappa shape index (κ1) is 14.8. The summed E-state index contributed by atoms with van der Waals surface area (Å²) in [5.41, 5.74) is 5.81. The van der Waals surface area contributed by atoms with E-state index in [0.29, 0.717) is 13.1 Å². The molecule has 0 aromatic rings. The lowest BCUT2D eigenvalue weighted by Gasteiger charge is -2.40. The van der Waals surface area contributed by atoms with Crippen LogP contribution in [0.25, 0.3) is 0 Å². The second kappa shape index (κ2) is 6.05. The van der Waals surface area contributed by atoms with Gasteiger partial charge in [0, 0.05) is 18.5 Å². The number of hydrogen-bond acceptors (Lipinski definition) is 2. The smallest absolute Gasteiger partial charge is 0.329 e. The Balaban J connectivity index is 2.47. The molecular weight excluding hydrogens is 229 g/mol. The molecule has 1 rings (SSSR count). The summed E-state index contributed by atoms with van der Waals surface area (Å²) in [6.45, 7) is 3.86. The summed E-state index contributed by atoms with van der Waals surface area (Å²) < 4.78 is 36.4. The van der Waals surface area contributed by atoms with Gasteiger partial charge in [0.2, 0.25) is 0 Å². The van der Waals surface area contributed by atoms with E-state index in [2.05, 4.69) is 4.90 Å². The number of likely N-dealkylation sites (N-methyl/N-ethyl adjacent to an activating group) is 1. The number of hydrogen-bond donors (Lipinski definition) is 1. The molecule has 2 nitrogen and oxygen atoms in total.